The van der Waals surface area contributed by atoms with Gasteiger partial charge >= 0.3 is 0 Å². The summed E-state index contributed by atoms with van der Waals surface area (Å²) in [6.07, 6.45) is 1.44. The lowest BCUT2D eigenvalue weighted by atomic mass is 10.2. The van der Waals surface area contributed by atoms with Crippen LogP contribution in [0.3, 0.4) is 0 Å². The molecule has 102 valence electrons. The van der Waals surface area contributed by atoms with Crippen LogP contribution in [0, 0.1) is 11.3 Å². The maximum absolute atomic E-state index is 12.3. The first-order valence-corrected chi connectivity index (χ1v) is 7.73. The maximum atomic E-state index is 12.3. The third-order valence-electron chi connectivity index (χ3n) is 3.20. The summed E-state index contributed by atoms with van der Waals surface area (Å²) in [6, 6.07) is 8.67. The number of benzene rings is 1. The molecule has 0 aromatic heterocycles. The monoisotopic (exact) mass is 280 g/mol. The third kappa shape index (κ3) is 3.06. The third-order valence-corrected chi connectivity index (χ3v) is 5.03. The van der Waals surface area contributed by atoms with E-state index in [9.17, 15) is 8.42 Å². The van der Waals surface area contributed by atoms with E-state index < -0.39 is 10.0 Å². The SMILES string of the molecule is CN(c1ccccc1C#N)S(=O)(=O)CC1CCCO1. The molecule has 0 amide bonds. The lowest BCUT2D eigenvalue weighted by molar-refractivity contribution is 0.127. The minimum absolute atomic E-state index is 0.0384. The molecule has 0 spiro atoms. The molecule has 1 fully saturated rings. The van der Waals surface area contributed by atoms with Crippen LogP contribution in [-0.4, -0.2) is 33.9 Å². The number of ether oxygens (including phenoxy) is 1. The summed E-state index contributed by atoms with van der Waals surface area (Å²) in [5, 5.41) is 9.02. The molecule has 1 atom stereocenters. The largest absolute Gasteiger partial charge is 0.377 e. The normalized spacial score (nSPS) is 19.1. The summed E-state index contributed by atoms with van der Waals surface area (Å²) in [5.74, 6) is -0.0384. The average molecular weight is 280 g/mol. The summed E-state index contributed by atoms with van der Waals surface area (Å²) in [4.78, 5) is 0. The molecule has 1 saturated heterocycles. The number of anilines is 1. The van der Waals surface area contributed by atoms with Gasteiger partial charge in [-0.2, -0.15) is 5.26 Å². The van der Waals surface area contributed by atoms with Gasteiger partial charge in [-0.1, -0.05) is 12.1 Å². The Labute approximate surface area is 113 Å². The van der Waals surface area contributed by atoms with Crippen LogP contribution in [0.4, 0.5) is 5.69 Å². The van der Waals surface area contributed by atoms with Gasteiger partial charge in [0.15, 0.2) is 0 Å². The highest BCUT2D eigenvalue weighted by atomic mass is 32.2. The Kier molecular flexibility index (Phi) is 4.08. The van der Waals surface area contributed by atoms with Crippen molar-refractivity contribution in [1.82, 2.24) is 0 Å². The zero-order valence-electron chi connectivity index (χ0n) is 10.7. The number of rotatable bonds is 4. The molecular formula is C13H16N2O3S. The van der Waals surface area contributed by atoms with Crippen LogP contribution in [0.15, 0.2) is 24.3 Å². The molecule has 1 unspecified atom stereocenters. The van der Waals surface area contributed by atoms with Crippen LogP contribution in [-0.2, 0) is 14.8 Å². The zero-order valence-corrected chi connectivity index (χ0v) is 11.6. The number of nitrogens with zero attached hydrogens (tertiary/aromatic N) is 2. The second kappa shape index (κ2) is 5.59. The van der Waals surface area contributed by atoms with E-state index in [-0.39, 0.29) is 11.9 Å². The highest BCUT2D eigenvalue weighted by molar-refractivity contribution is 7.92. The smallest absolute Gasteiger partial charge is 0.237 e. The predicted molar refractivity (Wildman–Crippen MR) is 72.3 cm³/mol. The van der Waals surface area contributed by atoms with Gasteiger partial charge in [0.2, 0.25) is 10.0 Å². The molecule has 0 saturated carbocycles. The summed E-state index contributed by atoms with van der Waals surface area (Å²) in [5.41, 5.74) is 0.754. The van der Waals surface area contributed by atoms with E-state index in [2.05, 4.69) is 0 Å². The van der Waals surface area contributed by atoms with Crippen molar-refractivity contribution >= 4 is 15.7 Å². The van der Waals surface area contributed by atoms with E-state index in [1.807, 2.05) is 6.07 Å². The van der Waals surface area contributed by atoms with Crippen molar-refractivity contribution in [2.45, 2.75) is 18.9 Å². The first-order valence-electron chi connectivity index (χ1n) is 6.12. The lowest BCUT2D eigenvalue weighted by Crippen LogP contribution is -2.34. The van der Waals surface area contributed by atoms with Gasteiger partial charge in [-0.3, -0.25) is 4.31 Å². The molecule has 1 heterocycles. The van der Waals surface area contributed by atoms with Gasteiger partial charge in [0.25, 0.3) is 0 Å². The van der Waals surface area contributed by atoms with Gasteiger partial charge in [-0.05, 0) is 25.0 Å². The van der Waals surface area contributed by atoms with Crippen molar-refractivity contribution in [2.75, 3.05) is 23.7 Å². The first kappa shape index (κ1) is 13.8. The fourth-order valence-electron chi connectivity index (χ4n) is 2.12. The molecule has 2 rings (SSSR count). The maximum Gasteiger partial charge on any atom is 0.237 e. The highest BCUT2D eigenvalue weighted by Crippen LogP contribution is 2.23. The minimum atomic E-state index is -3.47. The molecule has 6 heteroatoms. The van der Waals surface area contributed by atoms with E-state index in [4.69, 9.17) is 10.00 Å². The van der Waals surface area contributed by atoms with E-state index in [0.29, 0.717) is 17.9 Å². The molecule has 0 bridgehead atoms. The van der Waals surface area contributed by atoms with Crippen LogP contribution in [0.1, 0.15) is 18.4 Å². The van der Waals surface area contributed by atoms with Crippen molar-refractivity contribution in [2.24, 2.45) is 0 Å². The summed E-state index contributed by atoms with van der Waals surface area (Å²) in [7, 11) is -2.00. The van der Waals surface area contributed by atoms with Gasteiger partial charge in [0.1, 0.15) is 6.07 Å². The summed E-state index contributed by atoms with van der Waals surface area (Å²) in [6.45, 7) is 0.624. The average Bonchev–Trinajstić information content (AvgIpc) is 2.89. The van der Waals surface area contributed by atoms with Crippen LogP contribution >= 0.6 is 0 Å². The standard InChI is InChI=1S/C13H16N2O3S/c1-15(13-7-3-2-5-11(13)9-14)19(16,17)10-12-6-4-8-18-12/h2-3,5,7,12H,4,6,8,10H2,1H3. The molecule has 0 radical (unpaired) electrons. The number of hydrogen-bond acceptors (Lipinski definition) is 4. The molecule has 1 aromatic rings. The van der Waals surface area contributed by atoms with Crippen molar-refractivity contribution in [3.8, 4) is 6.07 Å². The second-order valence-electron chi connectivity index (χ2n) is 4.51. The van der Waals surface area contributed by atoms with Crippen LogP contribution < -0.4 is 4.31 Å². The van der Waals surface area contributed by atoms with Crippen molar-refractivity contribution in [3.05, 3.63) is 29.8 Å². The van der Waals surface area contributed by atoms with Crippen molar-refractivity contribution in [1.29, 1.82) is 5.26 Å². The van der Waals surface area contributed by atoms with E-state index in [0.717, 1.165) is 12.8 Å². The number of para-hydroxylation sites is 1. The topological polar surface area (TPSA) is 70.4 Å². The Morgan fingerprint density at radius 1 is 1.47 bits per heavy atom. The molecular weight excluding hydrogens is 264 g/mol. The van der Waals surface area contributed by atoms with E-state index in [1.54, 1.807) is 24.3 Å². The summed E-state index contributed by atoms with van der Waals surface area (Å²) >= 11 is 0. The molecule has 1 aliphatic rings. The predicted octanol–water partition coefficient (Wildman–Crippen LogP) is 1.50. The fourth-order valence-corrected chi connectivity index (χ4v) is 3.53. The van der Waals surface area contributed by atoms with Crippen LogP contribution in [0.25, 0.3) is 0 Å². The fraction of sp³-hybridized carbons (Fsp3) is 0.462. The molecule has 5 nitrogen and oxygen atoms in total. The zero-order chi connectivity index (χ0) is 13.9. The molecule has 1 aromatic carbocycles. The number of hydrogen-bond donors (Lipinski definition) is 0. The van der Waals surface area contributed by atoms with Crippen LogP contribution in [0.5, 0.6) is 0 Å². The van der Waals surface area contributed by atoms with Gasteiger partial charge < -0.3 is 4.74 Å². The second-order valence-corrected chi connectivity index (χ2v) is 6.55. The minimum Gasteiger partial charge on any atom is -0.377 e. The highest BCUT2D eigenvalue weighted by Gasteiger charge is 2.27. The lowest BCUT2D eigenvalue weighted by Gasteiger charge is -2.22. The molecule has 1 aliphatic heterocycles. The quantitative estimate of drug-likeness (QED) is 0.838. The van der Waals surface area contributed by atoms with Crippen molar-refractivity contribution < 1.29 is 13.2 Å². The van der Waals surface area contributed by atoms with Gasteiger partial charge in [-0.25, -0.2) is 8.42 Å². The Morgan fingerprint density at radius 3 is 2.84 bits per heavy atom. The van der Waals surface area contributed by atoms with E-state index >= 15 is 0 Å². The van der Waals surface area contributed by atoms with Crippen LogP contribution in [0.2, 0.25) is 0 Å². The Morgan fingerprint density at radius 2 is 2.21 bits per heavy atom. The van der Waals surface area contributed by atoms with Gasteiger partial charge in [0.05, 0.1) is 23.1 Å². The van der Waals surface area contributed by atoms with Crippen molar-refractivity contribution in [3.63, 3.8) is 0 Å². The van der Waals surface area contributed by atoms with E-state index in [1.165, 1.54) is 11.4 Å². The Bertz CT molecular complexity index is 586. The first-order chi connectivity index (χ1) is 9.04. The van der Waals surface area contributed by atoms with Gasteiger partial charge in [-0.15, -0.1) is 0 Å². The number of sulfonamides is 1. The summed E-state index contributed by atoms with van der Waals surface area (Å²) < 4.78 is 31.1. The number of nitriles is 1. The Hall–Kier alpha value is -1.58. The van der Waals surface area contributed by atoms with Gasteiger partial charge in [0, 0.05) is 13.7 Å². The molecule has 19 heavy (non-hydrogen) atoms. The molecule has 0 N–H and O–H groups in total. The Balaban J connectivity index is 2.22. The molecule has 0 aliphatic carbocycles.